The van der Waals surface area contributed by atoms with Crippen molar-refractivity contribution in [2.75, 3.05) is 18.8 Å². The maximum absolute atomic E-state index is 12.1. The number of rotatable bonds is 5. The molecule has 3 heterocycles. The van der Waals surface area contributed by atoms with Crippen LogP contribution in [0.5, 0.6) is 11.6 Å². The van der Waals surface area contributed by atoms with Crippen LogP contribution in [-0.4, -0.2) is 33.8 Å². The zero-order valence-corrected chi connectivity index (χ0v) is 15.8. The highest BCUT2D eigenvalue weighted by Crippen LogP contribution is 2.51. The summed E-state index contributed by atoms with van der Waals surface area (Å²) in [6.45, 7) is 2.07. The van der Waals surface area contributed by atoms with Gasteiger partial charge in [0, 0.05) is 30.9 Å². The Morgan fingerprint density at radius 1 is 1.17 bits per heavy atom. The van der Waals surface area contributed by atoms with Gasteiger partial charge in [0.05, 0.1) is 6.04 Å². The van der Waals surface area contributed by atoms with Gasteiger partial charge in [-0.15, -0.1) is 0 Å². The number of nitrogen functional groups attached to an aromatic ring is 1. The number of ether oxygens (including phenoxy) is 1. The second-order valence-corrected chi connectivity index (χ2v) is 7.88. The average molecular weight is 390 g/mol. The Bertz CT molecular complexity index is 1050. The van der Waals surface area contributed by atoms with Crippen LogP contribution in [0.3, 0.4) is 0 Å². The first-order valence-corrected chi connectivity index (χ1v) is 9.62. The number of nitrogens with one attached hydrogen (secondary N) is 1. The summed E-state index contributed by atoms with van der Waals surface area (Å²) in [7, 11) is 0. The highest BCUT2D eigenvalue weighted by molar-refractivity contribution is 6.03. The minimum Gasteiger partial charge on any atom is -0.439 e. The zero-order valence-electron chi connectivity index (χ0n) is 15.8. The summed E-state index contributed by atoms with van der Waals surface area (Å²) in [5.41, 5.74) is 13.6. The number of anilines is 1. The molecular weight excluding hydrogens is 368 g/mol. The monoisotopic (exact) mass is 390 g/mol. The second-order valence-electron chi connectivity index (χ2n) is 7.88. The highest BCUT2D eigenvalue weighted by atomic mass is 16.5. The SMILES string of the molecule is NC(=O)c1c(-c2ccc(Oc3ccccc3)nc2)nn(C2CC3(CNC3)C2)c1N. The molecule has 29 heavy (non-hydrogen) atoms. The molecule has 0 bridgehead atoms. The fourth-order valence-corrected chi connectivity index (χ4v) is 4.24. The van der Waals surface area contributed by atoms with Gasteiger partial charge in [0.2, 0.25) is 5.88 Å². The lowest BCUT2D eigenvalue weighted by atomic mass is 9.62. The van der Waals surface area contributed by atoms with Crippen molar-refractivity contribution in [3.8, 4) is 22.9 Å². The highest BCUT2D eigenvalue weighted by Gasteiger charge is 2.50. The number of hydrogen-bond donors (Lipinski definition) is 3. The van der Waals surface area contributed by atoms with E-state index in [0.29, 0.717) is 34.1 Å². The quantitative estimate of drug-likeness (QED) is 0.615. The van der Waals surface area contributed by atoms with Gasteiger partial charge in [-0.1, -0.05) is 18.2 Å². The molecule has 1 aliphatic heterocycles. The predicted molar refractivity (Wildman–Crippen MR) is 108 cm³/mol. The number of hydrogen-bond acceptors (Lipinski definition) is 6. The van der Waals surface area contributed by atoms with Gasteiger partial charge in [0.15, 0.2) is 0 Å². The molecule has 1 saturated carbocycles. The summed E-state index contributed by atoms with van der Waals surface area (Å²) in [5, 5.41) is 7.97. The zero-order chi connectivity index (χ0) is 20.0. The molecule has 0 atom stereocenters. The molecule has 8 heteroatoms. The molecule has 8 nitrogen and oxygen atoms in total. The number of nitrogens with two attached hydrogens (primary N) is 2. The number of primary amides is 1. The third-order valence-corrected chi connectivity index (χ3v) is 5.85. The van der Waals surface area contributed by atoms with E-state index in [4.69, 9.17) is 16.2 Å². The first kappa shape index (κ1) is 17.7. The molecule has 2 aromatic heterocycles. The van der Waals surface area contributed by atoms with E-state index in [9.17, 15) is 4.79 Å². The summed E-state index contributed by atoms with van der Waals surface area (Å²) >= 11 is 0. The van der Waals surface area contributed by atoms with Gasteiger partial charge in [0.25, 0.3) is 5.91 Å². The maximum Gasteiger partial charge on any atom is 0.254 e. The molecule has 2 fully saturated rings. The average Bonchev–Trinajstić information content (AvgIpc) is 2.98. The summed E-state index contributed by atoms with van der Waals surface area (Å²) in [4.78, 5) is 16.4. The van der Waals surface area contributed by atoms with Gasteiger partial charge < -0.3 is 21.5 Å². The van der Waals surface area contributed by atoms with Crippen LogP contribution in [0.25, 0.3) is 11.3 Å². The topological polar surface area (TPSA) is 121 Å². The van der Waals surface area contributed by atoms with E-state index in [1.807, 2.05) is 36.4 Å². The van der Waals surface area contributed by atoms with Gasteiger partial charge in [-0.2, -0.15) is 5.10 Å². The molecule has 2 aliphatic rings. The van der Waals surface area contributed by atoms with Crippen molar-refractivity contribution in [2.45, 2.75) is 18.9 Å². The van der Waals surface area contributed by atoms with E-state index >= 15 is 0 Å². The van der Waals surface area contributed by atoms with Crippen LogP contribution in [0.4, 0.5) is 5.82 Å². The van der Waals surface area contributed by atoms with Crippen molar-refractivity contribution >= 4 is 11.7 Å². The minimum atomic E-state index is -0.590. The number of amides is 1. The number of carbonyl (C=O) groups excluding carboxylic acids is 1. The Morgan fingerprint density at radius 3 is 2.52 bits per heavy atom. The van der Waals surface area contributed by atoms with E-state index in [-0.39, 0.29) is 11.6 Å². The third kappa shape index (κ3) is 3.01. The van der Waals surface area contributed by atoms with Crippen molar-refractivity contribution < 1.29 is 9.53 Å². The molecule has 148 valence electrons. The fraction of sp³-hybridized carbons (Fsp3) is 0.286. The molecule has 5 N–H and O–H groups in total. The van der Waals surface area contributed by atoms with Crippen molar-refractivity contribution in [2.24, 2.45) is 11.1 Å². The van der Waals surface area contributed by atoms with E-state index in [1.165, 1.54) is 0 Å². The number of para-hydroxylation sites is 1. The molecule has 1 aromatic carbocycles. The normalized spacial score (nSPS) is 17.5. The fourth-order valence-electron chi connectivity index (χ4n) is 4.24. The third-order valence-electron chi connectivity index (χ3n) is 5.85. The predicted octanol–water partition coefficient (Wildman–Crippen LogP) is 2.34. The van der Waals surface area contributed by atoms with Crippen LogP contribution < -0.4 is 21.5 Å². The Kier molecular flexibility index (Phi) is 4.02. The molecule has 5 rings (SSSR count). The Labute approximate surface area is 167 Å². The lowest BCUT2D eigenvalue weighted by Gasteiger charge is -2.54. The lowest BCUT2D eigenvalue weighted by Crippen LogP contribution is -2.60. The largest absolute Gasteiger partial charge is 0.439 e. The minimum absolute atomic E-state index is 0.192. The first-order chi connectivity index (χ1) is 14.0. The second kappa shape index (κ2) is 6.59. The van der Waals surface area contributed by atoms with Gasteiger partial charge >= 0.3 is 0 Å². The Balaban J connectivity index is 1.42. The standard InChI is InChI=1S/C21H22N6O2/c22-19-17(20(23)28)18(26-27(19)14-8-21(9-14)11-24-12-21)13-6-7-16(25-10-13)29-15-4-2-1-3-5-15/h1-7,10,14,24H,8-9,11-12,22H2,(H2,23,28). The van der Waals surface area contributed by atoms with Gasteiger partial charge in [-0.05, 0) is 36.5 Å². The van der Waals surface area contributed by atoms with Crippen LogP contribution in [0, 0.1) is 5.41 Å². The molecule has 1 amide bonds. The first-order valence-electron chi connectivity index (χ1n) is 9.62. The van der Waals surface area contributed by atoms with E-state index < -0.39 is 5.91 Å². The number of pyridine rings is 1. The number of benzene rings is 1. The van der Waals surface area contributed by atoms with Crippen LogP contribution in [0.2, 0.25) is 0 Å². The van der Waals surface area contributed by atoms with Gasteiger partial charge in [-0.25, -0.2) is 9.67 Å². The van der Waals surface area contributed by atoms with Gasteiger partial charge in [0.1, 0.15) is 22.8 Å². The van der Waals surface area contributed by atoms with Crippen LogP contribution in [0.1, 0.15) is 29.2 Å². The molecular formula is C21H22N6O2. The Morgan fingerprint density at radius 2 is 1.93 bits per heavy atom. The van der Waals surface area contributed by atoms with Crippen molar-refractivity contribution in [3.05, 3.63) is 54.2 Å². The summed E-state index contributed by atoms with van der Waals surface area (Å²) in [6, 6.07) is 13.1. The summed E-state index contributed by atoms with van der Waals surface area (Å²) < 4.78 is 7.48. The van der Waals surface area contributed by atoms with Crippen molar-refractivity contribution in [1.29, 1.82) is 0 Å². The lowest BCUT2D eigenvalue weighted by molar-refractivity contribution is 0.00345. The number of carbonyl (C=O) groups is 1. The van der Waals surface area contributed by atoms with E-state index in [2.05, 4.69) is 15.4 Å². The van der Waals surface area contributed by atoms with Crippen LogP contribution in [-0.2, 0) is 0 Å². The van der Waals surface area contributed by atoms with Crippen LogP contribution >= 0.6 is 0 Å². The Hall–Kier alpha value is -3.39. The molecule has 1 saturated heterocycles. The molecule has 1 spiro atoms. The molecule has 0 unspecified atom stereocenters. The number of aromatic nitrogens is 3. The van der Waals surface area contributed by atoms with Gasteiger partial charge in [-0.3, -0.25) is 4.79 Å². The van der Waals surface area contributed by atoms with E-state index in [1.54, 1.807) is 16.9 Å². The summed E-state index contributed by atoms with van der Waals surface area (Å²) in [5.74, 6) is 0.881. The molecule has 0 radical (unpaired) electrons. The summed E-state index contributed by atoms with van der Waals surface area (Å²) in [6.07, 6.45) is 3.63. The molecule has 3 aromatic rings. The van der Waals surface area contributed by atoms with Crippen molar-refractivity contribution in [3.63, 3.8) is 0 Å². The maximum atomic E-state index is 12.1. The molecule has 1 aliphatic carbocycles. The smallest absolute Gasteiger partial charge is 0.254 e. The number of nitrogens with zero attached hydrogens (tertiary/aromatic N) is 3. The van der Waals surface area contributed by atoms with Crippen molar-refractivity contribution in [1.82, 2.24) is 20.1 Å². The van der Waals surface area contributed by atoms with E-state index in [0.717, 1.165) is 25.9 Å². The van der Waals surface area contributed by atoms with Crippen LogP contribution in [0.15, 0.2) is 48.7 Å².